The summed E-state index contributed by atoms with van der Waals surface area (Å²) >= 11 is 3.83. The molecule has 0 radical (unpaired) electrons. The van der Waals surface area contributed by atoms with E-state index < -0.39 is 0 Å². The molecule has 15 heavy (non-hydrogen) atoms. The maximum atomic E-state index is 3.96. The van der Waals surface area contributed by atoms with E-state index >= 15 is 0 Å². The number of hydrogen-bond donors (Lipinski definition) is 0. The van der Waals surface area contributed by atoms with E-state index in [0.29, 0.717) is 0 Å². The predicted octanol–water partition coefficient (Wildman–Crippen LogP) is 1.52. The van der Waals surface area contributed by atoms with Crippen molar-refractivity contribution in [1.82, 2.24) is 0 Å². The quantitative estimate of drug-likeness (QED) is 0.461. The zero-order chi connectivity index (χ0) is 9.54. The molecule has 1 aliphatic heterocycles. The molecule has 0 aromatic heterocycles. The zero-order valence-electron chi connectivity index (χ0n) is 9.13. The van der Waals surface area contributed by atoms with Gasteiger partial charge in [0.05, 0.1) is 0 Å². The first-order valence-electron chi connectivity index (χ1n) is 6.22. The fourth-order valence-corrected chi connectivity index (χ4v) is 13.6. The van der Waals surface area contributed by atoms with Crippen LogP contribution in [0.5, 0.6) is 0 Å². The molecule has 0 aromatic carbocycles. The number of alkyl halides is 1. The van der Waals surface area contributed by atoms with E-state index in [1.165, 1.54) is 33.7 Å². The first-order chi connectivity index (χ1) is 6.88. The van der Waals surface area contributed by atoms with Gasteiger partial charge in [-0.05, 0) is 0 Å². The minimum Gasteiger partial charge on any atom is -1.00 e. The van der Waals surface area contributed by atoms with Crippen molar-refractivity contribution in [3.63, 3.8) is 0 Å². The summed E-state index contributed by atoms with van der Waals surface area (Å²) in [5, 5.41) is 0. The molecule has 1 saturated heterocycles. The standard InChI is InChI=1S/C12H20BrSe.BrH/c13-9-5-1-2-6-10(9)14-11-7-3-4-8-12(11)14;/h9-12H,1-8H2;1H/q+1;/p-1/t9-,10-,11?,12?,14?;/m0./s1. The average molecular weight is 403 g/mol. The van der Waals surface area contributed by atoms with Gasteiger partial charge in [0.1, 0.15) is 0 Å². The van der Waals surface area contributed by atoms with Crippen LogP contribution in [-0.4, -0.2) is 18.7 Å². The number of hydrogen-bond acceptors (Lipinski definition) is 0. The van der Waals surface area contributed by atoms with Gasteiger partial charge in [-0.25, -0.2) is 0 Å². The molecule has 0 bridgehead atoms. The van der Waals surface area contributed by atoms with Crippen LogP contribution in [0.3, 0.4) is 0 Å². The van der Waals surface area contributed by atoms with E-state index in [4.69, 9.17) is 0 Å². The molecule has 0 spiro atoms. The van der Waals surface area contributed by atoms with Crippen molar-refractivity contribution in [2.24, 2.45) is 0 Å². The molecule has 2 aliphatic carbocycles. The summed E-state index contributed by atoms with van der Waals surface area (Å²) in [7, 11) is 0. The Morgan fingerprint density at radius 3 is 1.73 bits per heavy atom. The second-order valence-electron chi connectivity index (χ2n) is 5.11. The molecular weight excluding hydrogens is 383 g/mol. The zero-order valence-corrected chi connectivity index (χ0v) is 14.0. The predicted molar refractivity (Wildman–Crippen MR) is 66.7 cm³/mol. The average Bonchev–Trinajstić information content (AvgIpc) is 2.93. The fraction of sp³-hybridized carbons (Fsp3) is 1.00. The van der Waals surface area contributed by atoms with E-state index in [1.54, 1.807) is 32.1 Å². The summed E-state index contributed by atoms with van der Waals surface area (Å²) in [4.78, 5) is 4.67. The first kappa shape index (κ1) is 12.9. The summed E-state index contributed by atoms with van der Waals surface area (Å²) < 4.78 is 0. The van der Waals surface area contributed by atoms with Crippen LogP contribution in [0.15, 0.2) is 0 Å². The van der Waals surface area contributed by atoms with Crippen molar-refractivity contribution in [1.29, 1.82) is 0 Å². The third kappa shape index (κ3) is 2.51. The molecule has 3 fully saturated rings. The Kier molecular flexibility index (Phi) is 4.67. The molecule has 2 unspecified atom stereocenters. The second kappa shape index (κ2) is 5.42. The van der Waals surface area contributed by atoms with Gasteiger partial charge in [0.25, 0.3) is 0 Å². The van der Waals surface area contributed by atoms with Gasteiger partial charge in [0.2, 0.25) is 0 Å². The Hall–Kier alpha value is 1.48. The summed E-state index contributed by atoms with van der Waals surface area (Å²) in [6, 6.07) is 0. The summed E-state index contributed by atoms with van der Waals surface area (Å²) in [5.41, 5.74) is 0. The van der Waals surface area contributed by atoms with E-state index in [0.717, 1.165) is 4.83 Å². The topological polar surface area (TPSA) is 0 Å². The van der Waals surface area contributed by atoms with E-state index in [1.807, 2.05) is 0 Å². The maximum absolute atomic E-state index is 3.96. The molecule has 0 amide bonds. The molecule has 1 heterocycles. The Morgan fingerprint density at radius 2 is 1.20 bits per heavy atom. The van der Waals surface area contributed by atoms with Crippen LogP contribution in [0.2, 0.25) is 14.4 Å². The second-order valence-corrected chi connectivity index (χ2v) is 11.8. The van der Waals surface area contributed by atoms with Crippen LogP contribution in [0, 0.1) is 0 Å². The van der Waals surface area contributed by atoms with Crippen LogP contribution in [-0.2, 0) is 0 Å². The van der Waals surface area contributed by atoms with Crippen LogP contribution < -0.4 is 17.0 Å². The molecular formula is C12H20Br2Se. The summed E-state index contributed by atoms with van der Waals surface area (Å²) in [6.07, 6.45) is 12.4. The van der Waals surface area contributed by atoms with Gasteiger partial charge >= 0.3 is 100 Å². The van der Waals surface area contributed by atoms with Gasteiger partial charge in [-0.3, -0.25) is 0 Å². The molecule has 2 saturated carbocycles. The van der Waals surface area contributed by atoms with Gasteiger partial charge in [0, 0.05) is 0 Å². The number of rotatable bonds is 1. The van der Waals surface area contributed by atoms with Crippen LogP contribution >= 0.6 is 15.9 Å². The van der Waals surface area contributed by atoms with Crippen LogP contribution in [0.4, 0.5) is 0 Å². The SMILES string of the molecule is Br[C@H]1CCCC[C@@H]1[Se+]1C2CCCCC21.[Br-]. The van der Waals surface area contributed by atoms with Crippen molar-refractivity contribution >= 4 is 29.8 Å². The van der Waals surface area contributed by atoms with Gasteiger partial charge in [-0.15, -0.1) is 0 Å². The minimum atomic E-state index is -0.133. The molecule has 0 aromatic rings. The smallest absolute Gasteiger partial charge is 1.00 e. The Morgan fingerprint density at radius 1 is 0.733 bits per heavy atom. The maximum Gasteiger partial charge on any atom is -1.00 e. The molecule has 3 heteroatoms. The Bertz CT molecular complexity index is 210. The van der Waals surface area contributed by atoms with Crippen molar-refractivity contribution in [3.05, 3.63) is 0 Å². The third-order valence-corrected chi connectivity index (χ3v) is 13.4. The molecule has 3 rings (SSSR count). The van der Waals surface area contributed by atoms with Crippen LogP contribution in [0.25, 0.3) is 0 Å². The minimum absolute atomic E-state index is 0. The summed E-state index contributed by atoms with van der Waals surface area (Å²) in [5.74, 6) is 0. The van der Waals surface area contributed by atoms with Crippen molar-refractivity contribution in [2.45, 2.75) is 70.6 Å². The van der Waals surface area contributed by atoms with E-state index in [2.05, 4.69) is 15.9 Å². The molecule has 3 aliphatic rings. The van der Waals surface area contributed by atoms with Crippen LogP contribution in [0.1, 0.15) is 51.4 Å². The number of halogens is 2. The molecule has 4 atom stereocenters. The monoisotopic (exact) mass is 402 g/mol. The van der Waals surface area contributed by atoms with Gasteiger partial charge in [0.15, 0.2) is 0 Å². The molecule has 0 N–H and O–H groups in total. The Balaban J connectivity index is 0.000000853. The van der Waals surface area contributed by atoms with Gasteiger partial charge in [-0.1, -0.05) is 0 Å². The van der Waals surface area contributed by atoms with Gasteiger partial charge in [-0.2, -0.15) is 0 Å². The van der Waals surface area contributed by atoms with E-state index in [9.17, 15) is 0 Å². The van der Waals surface area contributed by atoms with E-state index in [-0.39, 0.29) is 30.9 Å². The van der Waals surface area contributed by atoms with Crippen molar-refractivity contribution in [3.8, 4) is 0 Å². The first-order valence-corrected chi connectivity index (χ1v) is 10.1. The Labute approximate surface area is 117 Å². The van der Waals surface area contributed by atoms with Crippen molar-refractivity contribution < 1.29 is 17.0 Å². The third-order valence-electron chi connectivity index (χ3n) is 4.24. The fourth-order valence-electron chi connectivity index (χ4n) is 3.46. The molecule has 0 nitrogen and oxygen atoms in total. The molecule has 88 valence electrons. The van der Waals surface area contributed by atoms with Crippen molar-refractivity contribution in [2.75, 3.05) is 0 Å². The number of fused-ring (bicyclic) bond motifs is 1. The summed E-state index contributed by atoms with van der Waals surface area (Å²) in [6.45, 7) is 0. The van der Waals surface area contributed by atoms with Gasteiger partial charge < -0.3 is 17.0 Å². The largest absolute Gasteiger partial charge is 1.00 e. The normalized spacial score (nSPS) is 49.0.